The van der Waals surface area contributed by atoms with Gasteiger partial charge in [0.25, 0.3) is 5.91 Å². The lowest BCUT2D eigenvalue weighted by Gasteiger charge is -2.31. The summed E-state index contributed by atoms with van der Waals surface area (Å²) in [6, 6.07) is 3.15. The van der Waals surface area contributed by atoms with Crippen LogP contribution in [0, 0.1) is 5.92 Å². The Morgan fingerprint density at radius 2 is 2.05 bits per heavy atom. The van der Waals surface area contributed by atoms with Crippen LogP contribution >= 0.6 is 23.2 Å². The molecule has 1 aromatic carbocycles. The van der Waals surface area contributed by atoms with Crippen LogP contribution in [0.4, 0.5) is 5.69 Å². The number of rotatable bonds is 3. The molecule has 1 aliphatic rings. The first-order valence-electron chi connectivity index (χ1n) is 6.55. The molecule has 6 heteroatoms. The van der Waals surface area contributed by atoms with Gasteiger partial charge in [0.1, 0.15) is 0 Å². The van der Waals surface area contributed by atoms with E-state index in [1.54, 1.807) is 19.2 Å². The number of carbonyl (C=O) groups excluding carboxylic acids is 1. The number of likely N-dealkylation sites (tertiary alicyclic amines) is 1. The Kier molecular flexibility index (Phi) is 5.13. The largest absolute Gasteiger partial charge is 0.397 e. The lowest BCUT2D eigenvalue weighted by Crippen LogP contribution is -2.39. The summed E-state index contributed by atoms with van der Waals surface area (Å²) in [6.07, 6.45) is 1.91. The van der Waals surface area contributed by atoms with E-state index in [0.29, 0.717) is 27.2 Å². The van der Waals surface area contributed by atoms with Gasteiger partial charge in [-0.25, -0.2) is 0 Å². The number of benzene rings is 1. The van der Waals surface area contributed by atoms with Crippen molar-refractivity contribution in [1.29, 1.82) is 0 Å². The normalized spacial score (nSPS) is 16.4. The number of nitrogens with two attached hydrogens (primary N) is 1. The molecular formula is C14H18Cl2N2O2. The zero-order chi connectivity index (χ0) is 14.7. The van der Waals surface area contributed by atoms with Crippen molar-refractivity contribution in [3.8, 4) is 0 Å². The highest BCUT2D eigenvalue weighted by molar-refractivity contribution is 6.43. The first kappa shape index (κ1) is 15.4. The van der Waals surface area contributed by atoms with Gasteiger partial charge in [0.2, 0.25) is 0 Å². The van der Waals surface area contributed by atoms with Gasteiger partial charge in [-0.15, -0.1) is 0 Å². The van der Waals surface area contributed by atoms with Gasteiger partial charge >= 0.3 is 0 Å². The maximum atomic E-state index is 12.4. The van der Waals surface area contributed by atoms with E-state index in [1.807, 2.05) is 4.90 Å². The fraction of sp³-hybridized carbons (Fsp3) is 0.500. The second-order valence-electron chi connectivity index (χ2n) is 5.05. The molecule has 0 bridgehead atoms. The number of ether oxygens (including phenoxy) is 1. The zero-order valence-corrected chi connectivity index (χ0v) is 12.9. The van der Waals surface area contributed by atoms with Gasteiger partial charge in [0, 0.05) is 32.4 Å². The van der Waals surface area contributed by atoms with Crippen LogP contribution < -0.4 is 5.73 Å². The molecule has 1 amide bonds. The van der Waals surface area contributed by atoms with Crippen LogP contribution in [-0.2, 0) is 4.74 Å². The second kappa shape index (κ2) is 6.66. The van der Waals surface area contributed by atoms with Gasteiger partial charge < -0.3 is 15.4 Å². The highest BCUT2D eigenvalue weighted by atomic mass is 35.5. The van der Waals surface area contributed by atoms with Crippen LogP contribution in [-0.4, -0.2) is 37.6 Å². The zero-order valence-electron chi connectivity index (χ0n) is 11.4. The van der Waals surface area contributed by atoms with E-state index in [2.05, 4.69) is 0 Å². The number of methoxy groups -OCH3 is 1. The third-order valence-corrected chi connectivity index (χ3v) is 4.42. The Morgan fingerprint density at radius 3 is 2.60 bits per heavy atom. The van der Waals surface area contributed by atoms with Crippen molar-refractivity contribution in [1.82, 2.24) is 4.90 Å². The molecule has 4 nitrogen and oxygen atoms in total. The fourth-order valence-corrected chi connectivity index (χ4v) is 2.79. The Morgan fingerprint density at radius 1 is 1.40 bits per heavy atom. The van der Waals surface area contributed by atoms with Crippen molar-refractivity contribution in [2.24, 2.45) is 5.92 Å². The topological polar surface area (TPSA) is 55.6 Å². The van der Waals surface area contributed by atoms with Gasteiger partial charge in [-0.3, -0.25) is 4.79 Å². The number of hydrogen-bond acceptors (Lipinski definition) is 3. The van der Waals surface area contributed by atoms with E-state index in [4.69, 9.17) is 33.7 Å². The molecule has 2 rings (SSSR count). The molecule has 0 radical (unpaired) electrons. The molecule has 1 heterocycles. The second-order valence-corrected chi connectivity index (χ2v) is 5.84. The van der Waals surface area contributed by atoms with Crippen LogP contribution in [0.15, 0.2) is 12.1 Å². The van der Waals surface area contributed by atoms with Crippen LogP contribution in [0.2, 0.25) is 10.0 Å². The average Bonchev–Trinajstić information content (AvgIpc) is 2.44. The quantitative estimate of drug-likeness (QED) is 0.872. The SMILES string of the molecule is COCC1CCN(C(=O)c2cc(N)c(Cl)c(Cl)c2)CC1. The van der Waals surface area contributed by atoms with E-state index in [1.165, 1.54) is 0 Å². The molecule has 0 aliphatic carbocycles. The summed E-state index contributed by atoms with van der Waals surface area (Å²) in [4.78, 5) is 14.2. The van der Waals surface area contributed by atoms with Crippen LogP contribution in [0.25, 0.3) is 0 Å². The van der Waals surface area contributed by atoms with Gasteiger partial charge in [-0.05, 0) is 30.9 Å². The third kappa shape index (κ3) is 3.37. The minimum atomic E-state index is -0.0499. The number of anilines is 1. The van der Waals surface area contributed by atoms with E-state index in [-0.39, 0.29) is 5.91 Å². The van der Waals surface area contributed by atoms with E-state index in [9.17, 15) is 4.79 Å². The van der Waals surface area contributed by atoms with Crippen LogP contribution in [0.1, 0.15) is 23.2 Å². The van der Waals surface area contributed by atoms with Crippen molar-refractivity contribution in [3.05, 3.63) is 27.7 Å². The molecule has 0 atom stereocenters. The third-order valence-electron chi connectivity index (χ3n) is 3.61. The number of halogens is 2. The molecule has 1 saturated heterocycles. The number of nitrogen functional groups attached to an aromatic ring is 1. The highest BCUT2D eigenvalue weighted by Crippen LogP contribution is 2.30. The predicted molar refractivity (Wildman–Crippen MR) is 81.4 cm³/mol. The standard InChI is InChI=1S/C14H18Cl2N2O2/c1-20-8-9-2-4-18(5-3-9)14(19)10-6-11(15)13(16)12(17)7-10/h6-7,9H,2-5,8,17H2,1H3. The first-order valence-corrected chi connectivity index (χ1v) is 7.31. The van der Waals surface area contributed by atoms with Crippen LogP contribution in [0.3, 0.4) is 0 Å². The van der Waals surface area contributed by atoms with E-state index >= 15 is 0 Å². The van der Waals surface area contributed by atoms with E-state index in [0.717, 1.165) is 32.5 Å². The van der Waals surface area contributed by atoms with Crippen LogP contribution in [0.5, 0.6) is 0 Å². The maximum Gasteiger partial charge on any atom is 0.253 e. The summed E-state index contributed by atoms with van der Waals surface area (Å²) in [5.41, 5.74) is 6.57. The lowest BCUT2D eigenvalue weighted by atomic mass is 9.97. The molecule has 1 aromatic rings. The van der Waals surface area contributed by atoms with Crippen molar-refractivity contribution in [2.75, 3.05) is 32.5 Å². The summed E-state index contributed by atoms with van der Waals surface area (Å²) in [5.74, 6) is 0.481. The monoisotopic (exact) mass is 316 g/mol. The molecule has 110 valence electrons. The van der Waals surface area contributed by atoms with Crippen molar-refractivity contribution in [3.63, 3.8) is 0 Å². The van der Waals surface area contributed by atoms with Gasteiger partial charge in [-0.2, -0.15) is 0 Å². The molecular weight excluding hydrogens is 299 g/mol. The number of amides is 1. The Balaban J connectivity index is 2.06. The van der Waals surface area contributed by atoms with Crippen molar-refractivity contribution >= 4 is 34.8 Å². The number of nitrogens with zero attached hydrogens (tertiary/aromatic N) is 1. The Hall–Kier alpha value is -0.970. The summed E-state index contributed by atoms with van der Waals surface area (Å²) in [5, 5.41) is 0.603. The average molecular weight is 317 g/mol. The summed E-state index contributed by atoms with van der Waals surface area (Å²) in [7, 11) is 1.70. The smallest absolute Gasteiger partial charge is 0.253 e. The highest BCUT2D eigenvalue weighted by Gasteiger charge is 2.24. The van der Waals surface area contributed by atoms with Crippen molar-refractivity contribution < 1.29 is 9.53 Å². The molecule has 20 heavy (non-hydrogen) atoms. The number of hydrogen-bond donors (Lipinski definition) is 1. The molecule has 0 unspecified atom stereocenters. The molecule has 0 saturated carbocycles. The number of piperidine rings is 1. The first-order chi connectivity index (χ1) is 9.52. The van der Waals surface area contributed by atoms with Gasteiger partial charge in [0.15, 0.2) is 0 Å². The fourth-order valence-electron chi connectivity index (χ4n) is 2.45. The van der Waals surface area contributed by atoms with Gasteiger partial charge in [-0.1, -0.05) is 23.2 Å². The minimum absolute atomic E-state index is 0.0499. The summed E-state index contributed by atoms with van der Waals surface area (Å²) in [6.45, 7) is 2.21. The summed E-state index contributed by atoms with van der Waals surface area (Å²) >= 11 is 11.9. The predicted octanol–water partition coefficient (Wildman–Crippen LogP) is 3.07. The molecule has 1 fully saturated rings. The Labute approximate surface area is 128 Å². The maximum absolute atomic E-state index is 12.4. The van der Waals surface area contributed by atoms with Crippen molar-refractivity contribution in [2.45, 2.75) is 12.8 Å². The summed E-state index contributed by atoms with van der Waals surface area (Å²) < 4.78 is 5.15. The Bertz CT molecular complexity index is 477. The molecule has 0 spiro atoms. The lowest BCUT2D eigenvalue weighted by molar-refractivity contribution is 0.0613. The number of carbonyl (C=O) groups is 1. The molecule has 2 N–H and O–H groups in total. The minimum Gasteiger partial charge on any atom is -0.397 e. The molecule has 1 aliphatic heterocycles. The van der Waals surface area contributed by atoms with Gasteiger partial charge in [0.05, 0.1) is 15.7 Å². The molecule has 0 aromatic heterocycles. The van der Waals surface area contributed by atoms with E-state index < -0.39 is 0 Å².